The number of amides is 2. The maximum absolute atomic E-state index is 13.1. The number of ether oxygens (including phenoxy) is 2. The number of carbonyl (C=O) groups excluding carboxylic acids is 3. The molecular weight excluding hydrogens is 498 g/mol. The molecule has 2 fully saturated rings. The fourth-order valence-electron chi connectivity index (χ4n) is 5.41. The number of rotatable bonds is 8. The lowest BCUT2D eigenvalue weighted by molar-refractivity contribution is -0.129. The van der Waals surface area contributed by atoms with Crippen molar-refractivity contribution < 1.29 is 23.9 Å². The van der Waals surface area contributed by atoms with Crippen LogP contribution < -0.4 is 10.6 Å². The van der Waals surface area contributed by atoms with Crippen LogP contribution in [0.2, 0.25) is 0 Å². The summed E-state index contributed by atoms with van der Waals surface area (Å²) in [4.78, 5) is 44.6. The number of nitrogens with one attached hydrogen (secondary N) is 2. The molecule has 2 saturated heterocycles. The molecule has 39 heavy (non-hydrogen) atoms. The van der Waals surface area contributed by atoms with Crippen LogP contribution in [0.1, 0.15) is 48.7 Å². The van der Waals surface area contributed by atoms with Gasteiger partial charge < -0.3 is 29.6 Å². The highest BCUT2D eigenvalue weighted by Crippen LogP contribution is 2.34. The number of anilines is 2. The van der Waals surface area contributed by atoms with Crippen LogP contribution in [0.4, 0.5) is 11.4 Å². The van der Waals surface area contributed by atoms with Gasteiger partial charge in [-0.25, -0.2) is 9.78 Å². The Hall–Kier alpha value is -3.92. The molecule has 1 aromatic carbocycles. The summed E-state index contributed by atoms with van der Waals surface area (Å²) in [5, 5.41) is 7.17. The van der Waals surface area contributed by atoms with Crippen molar-refractivity contribution in [2.75, 3.05) is 37.4 Å². The summed E-state index contributed by atoms with van der Waals surface area (Å²) in [7, 11) is 1.33. The maximum Gasteiger partial charge on any atom is 0.356 e. The van der Waals surface area contributed by atoms with E-state index in [-0.39, 0.29) is 23.6 Å². The van der Waals surface area contributed by atoms with Crippen molar-refractivity contribution in [2.24, 2.45) is 0 Å². The predicted octanol–water partition coefficient (Wildman–Crippen LogP) is 3.61. The number of likely N-dealkylation sites (tertiary alicyclic amines) is 1. The van der Waals surface area contributed by atoms with Gasteiger partial charge in [0.25, 0.3) is 5.91 Å². The van der Waals surface area contributed by atoms with E-state index in [4.69, 9.17) is 14.5 Å². The van der Waals surface area contributed by atoms with Crippen LogP contribution in [0, 0.1) is 0 Å². The minimum Gasteiger partial charge on any atom is -0.464 e. The third-order valence-electron chi connectivity index (χ3n) is 7.53. The van der Waals surface area contributed by atoms with Gasteiger partial charge in [-0.3, -0.25) is 9.59 Å². The Labute approximate surface area is 227 Å². The zero-order valence-corrected chi connectivity index (χ0v) is 22.4. The summed E-state index contributed by atoms with van der Waals surface area (Å²) in [6.07, 6.45) is 4.97. The average molecular weight is 534 g/mol. The second kappa shape index (κ2) is 11.9. The van der Waals surface area contributed by atoms with Gasteiger partial charge in [-0.1, -0.05) is 30.3 Å². The van der Waals surface area contributed by atoms with Crippen LogP contribution in [-0.2, 0) is 32.0 Å². The number of benzene rings is 1. The molecule has 0 radical (unpaired) electrons. The molecule has 4 heterocycles. The number of methoxy groups -OCH3 is 1. The number of pyridine rings is 1. The summed E-state index contributed by atoms with van der Waals surface area (Å²) in [5.41, 5.74) is 3.14. The highest BCUT2D eigenvalue weighted by Gasteiger charge is 2.30. The van der Waals surface area contributed by atoms with E-state index in [2.05, 4.69) is 10.6 Å². The molecule has 1 unspecified atom stereocenters. The van der Waals surface area contributed by atoms with Gasteiger partial charge >= 0.3 is 5.97 Å². The van der Waals surface area contributed by atoms with E-state index in [1.54, 1.807) is 13.1 Å². The minimum atomic E-state index is -0.557. The molecule has 1 atom stereocenters. The summed E-state index contributed by atoms with van der Waals surface area (Å²) in [6, 6.07) is 12.1. The largest absolute Gasteiger partial charge is 0.464 e. The Morgan fingerprint density at radius 1 is 1.13 bits per heavy atom. The molecular formula is C29H35N5O5. The Kier molecular flexibility index (Phi) is 8.11. The SMILES string of the molecule is COC(=O)c1c(NC(=O)C2CCCO2)c2cc(NC3CCN(C(C)=O)CC3)cnc2n1CCc1ccccc1. The quantitative estimate of drug-likeness (QED) is 0.425. The second-order valence-electron chi connectivity index (χ2n) is 10.1. The van der Waals surface area contributed by atoms with Crippen LogP contribution in [-0.4, -0.2) is 71.2 Å². The number of esters is 1. The Bertz CT molecular complexity index is 1340. The first kappa shape index (κ1) is 26.7. The fourth-order valence-corrected chi connectivity index (χ4v) is 5.41. The van der Waals surface area contributed by atoms with Crippen LogP contribution in [0.15, 0.2) is 42.6 Å². The topological polar surface area (TPSA) is 115 Å². The Balaban J connectivity index is 1.50. The van der Waals surface area contributed by atoms with Gasteiger partial charge in [0, 0.05) is 44.6 Å². The normalized spacial score (nSPS) is 17.8. The maximum atomic E-state index is 13.1. The van der Waals surface area contributed by atoms with Crippen molar-refractivity contribution in [3.8, 4) is 0 Å². The highest BCUT2D eigenvalue weighted by molar-refractivity contribution is 6.12. The van der Waals surface area contributed by atoms with E-state index in [1.165, 1.54) is 7.11 Å². The number of piperidine rings is 1. The molecule has 5 rings (SSSR count). The summed E-state index contributed by atoms with van der Waals surface area (Å²) in [6.45, 7) is 4.02. The molecule has 3 aromatic rings. The first-order valence-corrected chi connectivity index (χ1v) is 13.5. The molecule has 2 aromatic heterocycles. The zero-order valence-electron chi connectivity index (χ0n) is 22.4. The number of hydrogen-bond acceptors (Lipinski definition) is 7. The van der Waals surface area contributed by atoms with Crippen LogP contribution in [0.5, 0.6) is 0 Å². The van der Waals surface area contributed by atoms with Crippen molar-refractivity contribution in [1.29, 1.82) is 0 Å². The molecule has 0 aliphatic carbocycles. The van der Waals surface area contributed by atoms with Crippen LogP contribution >= 0.6 is 0 Å². The average Bonchev–Trinajstić information content (AvgIpc) is 3.59. The summed E-state index contributed by atoms with van der Waals surface area (Å²) >= 11 is 0. The number of hydrogen-bond donors (Lipinski definition) is 2. The monoisotopic (exact) mass is 533 g/mol. The van der Waals surface area contributed by atoms with E-state index in [9.17, 15) is 14.4 Å². The first-order chi connectivity index (χ1) is 18.9. The van der Waals surface area contributed by atoms with Gasteiger partial charge in [-0.05, 0) is 43.7 Å². The van der Waals surface area contributed by atoms with Gasteiger partial charge in [-0.15, -0.1) is 0 Å². The smallest absolute Gasteiger partial charge is 0.356 e. The van der Waals surface area contributed by atoms with E-state index in [1.807, 2.05) is 45.9 Å². The van der Waals surface area contributed by atoms with Crippen LogP contribution in [0.25, 0.3) is 11.0 Å². The fraction of sp³-hybridized carbons (Fsp3) is 0.448. The third-order valence-corrected chi connectivity index (χ3v) is 7.53. The molecule has 2 aliphatic rings. The number of aromatic nitrogens is 2. The van der Waals surface area contributed by atoms with Crippen molar-refractivity contribution in [2.45, 2.75) is 57.7 Å². The van der Waals surface area contributed by atoms with Crippen molar-refractivity contribution in [1.82, 2.24) is 14.5 Å². The number of nitrogens with zero attached hydrogens (tertiary/aromatic N) is 3. The number of fused-ring (bicyclic) bond motifs is 1. The summed E-state index contributed by atoms with van der Waals surface area (Å²) < 4.78 is 12.6. The second-order valence-corrected chi connectivity index (χ2v) is 10.1. The van der Waals surface area contributed by atoms with Crippen LogP contribution in [0.3, 0.4) is 0 Å². The van der Waals surface area contributed by atoms with Gasteiger partial charge in [0.1, 0.15) is 11.8 Å². The third kappa shape index (κ3) is 5.90. The lowest BCUT2D eigenvalue weighted by atomic mass is 10.0. The molecule has 206 valence electrons. The molecule has 10 heteroatoms. The summed E-state index contributed by atoms with van der Waals surface area (Å²) in [5.74, 6) is -0.736. The van der Waals surface area contributed by atoms with Crippen molar-refractivity contribution in [3.05, 3.63) is 53.9 Å². The van der Waals surface area contributed by atoms with Gasteiger partial charge in [0.15, 0.2) is 5.69 Å². The first-order valence-electron chi connectivity index (χ1n) is 13.5. The Morgan fingerprint density at radius 3 is 2.56 bits per heavy atom. The minimum absolute atomic E-state index is 0.0929. The molecule has 0 saturated carbocycles. The molecule has 2 aliphatic heterocycles. The standard InChI is InChI=1S/C29H35N5O5/c1-19(35)33-13-11-21(12-14-33)31-22-17-23-25(32-28(36)24-9-6-16-39-24)26(29(37)38-2)34(27(23)30-18-22)15-10-20-7-4-3-5-8-20/h3-5,7-8,17-18,21,24,31H,6,9-16H2,1-2H3,(H,32,36). The van der Waals surface area contributed by atoms with E-state index >= 15 is 0 Å². The Morgan fingerprint density at radius 2 is 1.90 bits per heavy atom. The molecule has 0 spiro atoms. The van der Waals surface area contributed by atoms with Crippen molar-refractivity contribution >= 4 is 40.2 Å². The van der Waals surface area contributed by atoms with Crippen molar-refractivity contribution in [3.63, 3.8) is 0 Å². The van der Waals surface area contributed by atoms with Gasteiger partial charge in [-0.2, -0.15) is 0 Å². The molecule has 10 nitrogen and oxygen atoms in total. The van der Waals surface area contributed by atoms with E-state index in [0.717, 1.165) is 30.5 Å². The van der Waals surface area contributed by atoms with E-state index < -0.39 is 12.1 Å². The molecule has 0 bridgehead atoms. The lowest BCUT2D eigenvalue weighted by Crippen LogP contribution is -2.41. The van der Waals surface area contributed by atoms with Gasteiger partial charge in [0.05, 0.1) is 24.7 Å². The lowest BCUT2D eigenvalue weighted by Gasteiger charge is -2.32. The predicted molar refractivity (Wildman–Crippen MR) is 148 cm³/mol. The molecule has 2 amide bonds. The van der Waals surface area contributed by atoms with Gasteiger partial charge in [0.2, 0.25) is 5.91 Å². The molecule has 2 N–H and O–H groups in total. The number of carbonyl (C=O) groups is 3. The zero-order chi connectivity index (χ0) is 27.4. The highest BCUT2D eigenvalue weighted by atomic mass is 16.5. The number of aryl methyl sites for hydroxylation is 2. The van der Waals surface area contributed by atoms with E-state index in [0.29, 0.717) is 55.8 Å².